The van der Waals surface area contributed by atoms with Crippen molar-refractivity contribution in [2.24, 2.45) is 11.8 Å². The Labute approximate surface area is 645 Å². The van der Waals surface area contributed by atoms with Crippen molar-refractivity contribution in [1.29, 1.82) is 0 Å². The van der Waals surface area contributed by atoms with Crippen molar-refractivity contribution in [1.82, 2.24) is 0 Å². The number of hydrogen-bond donors (Lipinski definition) is 3. The van der Waals surface area contributed by atoms with Gasteiger partial charge in [-0.25, -0.2) is 9.13 Å². The number of rotatable bonds is 85. The highest BCUT2D eigenvalue weighted by molar-refractivity contribution is 7.47. The highest BCUT2D eigenvalue weighted by Gasteiger charge is 2.30. The minimum atomic E-state index is -4.97. The maximum absolute atomic E-state index is 13.1. The molecule has 0 amide bonds. The van der Waals surface area contributed by atoms with Gasteiger partial charge in [-0.05, 0) is 37.5 Å². The number of carbonyl (C=O) groups excluding carboxylic acids is 4. The van der Waals surface area contributed by atoms with E-state index in [1.807, 2.05) is 0 Å². The van der Waals surface area contributed by atoms with Crippen LogP contribution < -0.4 is 0 Å². The Hall–Kier alpha value is -1.94. The van der Waals surface area contributed by atoms with E-state index < -0.39 is 97.5 Å². The number of carbonyl (C=O) groups is 4. The van der Waals surface area contributed by atoms with Crippen molar-refractivity contribution in [2.45, 2.75) is 477 Å². The third kappa shape index (κ3) is 78.5. The fourth-order valence-electron chi connectivity index (χ4n) is 13.4. The highest BCUT2D eigenvalue weighted by Crippen LogP contribution is 2.45. The molecule has 0 fully saturated rings. The molecular weight excluding hydrogens is 1370 g/mol. The fourth-order valence-corrected chi connectivity index (χ4v) is 15.0. The van der Waals surface area contributed by atoms with Gasteiger partial charge in [-0.3, -0.25) is 37.3 Å². The van der Waals surface area contributed by atoms with Crippen LogP contribution in [-0.4, -0.2) is 96.7 Å². The smallest absolute Gasteiger partial charge is 0.462 e. The number of phosphoric ester groups is 2. The number of aliphatic hydroxyl groups excluding tert-OH is 1. The van der Waals surface area contributed by atoms with Gasteiger partial charge in [0, 0.05) is 25.7 Å². The minimum absolute atomic E-state index is 0.109. The average Bonchev–Trinajstić information content (AvgIpc) is 0.910. The molecule has 0 aliphatic carbocycles. The van der Waals surface area contributed by atoms with E-state index in [1.165, 1.54) is 276 Å². The predicted octanol–water partition coefficient (Wildman–Crippen LogP) is 26.2. The van der Waals surface area contributed by atoms with Crippen molar-refractivity contribution in [3.63, 3.8) is 0 Å². The van der Waals surface area contributed by atoms with Crippen LogP contribution in [0.4, 0.5) is 0 Å². The quantitative estimate of drug-likeness (QED) is 0.0222. The number of aliphatic hydroxyl groups is 1. The van der Waals surface area contributed by atoms with Crippen molar-refractivity contribution in [2.75, 3.05) is 39.6 Å². The molecule has 0 saturated carbocycles. The lowest BCUT2D eigenvalue weighted by atomic mass is 9.99. The summed E-state index contributed by atoms with van der Waals surface area (Å²) in [6, 6.07) is 0. The average molecular weight is 1540 g/mol. The van der Waals surface area contributed by atoms with Gasteiger partial charge >= 0.3 is 39.5 Å². The number of ether oxygens (including phenoxy) is 4. The lowest BCUT2D eigenvalue weighted by Crippen LogP contribution is -2.30. The first-order valence-corrected chi connectivity index (χ1v) is 47.5. The molecule has 0 radical (unpaired) electrons. The van der Waals surface area contributed by atoms with Crippen LogP contribution in [0.25, 0.3) is 0 Å². The number of hydrogen-bond acceptors (Lipinski definition) is 15. The maximum atomic E-state index is 13.1. The summed E-state index contributed by atoms with van der Waals surface area (Å²) in [5.41, 5.74) is 0. The first kappa shape index (κ1) is 103. The van der Waals surface area contributed by atoms with Crippen molar-refractivity contribution >= 4 is 39.5 Å². The molecule has 0 rings (SSSR count). The Morgan fingerprint density at radius 3 is 0.724 bits per heavy atom. The third-order valence-electron chi connectivity index (χ3n) is 20.6. The number of esters is 4. The van der Waals surface area contributed by atoms with Crippen LogP contribution in [0.15, 0.2) is 0 Å². The zero-order chi connectivity index (χ0) is 77.1. The van der Waals surface area contributed by atoms with Gasteiger partial charge in [-0.1, -0.05) is 408 Å². The summed E-state index contributed by atoms with van der Waals surface area (Å²) in [5, 5.41) is 10.7. The number of unbranched alkanes of at least 4 members (excludes halogenated alkanes) is 54. The molecule has 0 spiro atoms. The van der Waals surface area contributed by atoms with Gasteiger partial charge in [0.2, 0.25) is 0 Å². The zero-order valence-corrected chi connectivity index (χ0v) is 70.8. The summed E-state index contributed by atoms with van der Waals surface area (Å²) in [5.74, 6) is -0.424. The first-order chi connectivity index (χ1) is 50.9. The third-order valence-corrected chi connectivity index (χ3v) is 22.5. The molecule has 624 valence electrons. The topological polar surface area (TPSA) is 237 Å². The molecule has 0 aliphatic heterocycles. The normalized spacial score (nSPS) is 14.1. The van der Waals surface area contributed by atoms with Gasteiger partial charge in [0.25, 0.3) is 0 Å². The molecule has 19 heteroatoms. The molecule has 0 saturated heterocycles. The van der Waals surface area contributed by atoms with Crippen LogP contribution in [0.1, 0.15) is 459 Å². The van der Waals surface area contributed by atoms with E-state index in [0.717, 1.165) is 102 Å². The summed E-state index contributed by atoms with van der Waals surface area (Å²) < 4.78 is 68.9. The molecule has 3 unspecified atom stereocenters. The summed E-state index contributed by atoms with van der Waals surface area (Å²) in [6.45, 7) is 9.76. The van der Waals surface area contributed by atoms with Crippen molar-refractivity contribution in [3.05, 3.63) is 0 Å². The molecule has 0 bridgehead atoms. The van der Waals surface area contributed by atoms with Crippen LogP contribution in [-0.2, 0) is 65.4 Å². The van der Waals surface area contributed by atoms with Gasteiger partial charge < -0.3 is 33.8 Å². The SMILES string of the molecule is CCCCCCCCCCCCCCCCCC(=O)O[C@H](COC(=O)CCCCCCCCCCCC)COP(=O)(O)OC[C@H](O)COP(=O)(O)OC[C@@H](COC(=O)CCCCCCCCCCCCCCCCCC(C)C)OC(=O)CCCCCCCCCCCCCCCCCCCCC(C)CC. The Balaban J connectivity index is 5.22. The molecule has 0 aromatic heterocycles. The molecule has 0 heterocycles. The molecule has 6 atom stereocenters. The molecule has 0 aromatic rings. The maximum Gasteiger partial charge on any atom is 0.472 e. The van der Waals surface area contributed by atoms with Crippen LogP contribution in [0, 0.1) is 11.8 Å². The molecule has 3 N–H and O–H groups in total. The van der Waals surface area contributed by atoms with Crippen LogP contribution in [0.5, 0.6) is 0 Å². The van der Waals surface area contributed by atoms with Gasteiger partial charge in [-0.15, -0.1) is 0 Å². The number of phosphoric acid groups is 2. The molecule has 0 aliphatic rings. The minimum Gasteiger partial charge on any atom is -0.462 e. The zero-order valence-electron chi connectivity index (χ0n) is 69.0. The second kappa shape index (κ2) is 77.4. The molecule has 17 nitrogen and oxygen atoms in total. The Kier molecular flexibility index (Phi) is 76.0. The Morgan fingerprint density at radius 2 is 0.486 bits per heavy atom. The highest BCUT2D eigenvalue weighted by atomic mass is 31.2. The first-order valence-electron chi connectivity index (χ1n) is 44.5. The van der Waals surface area contributed by atoms with Gasteiger partial charge in [-0.2, -0.15) is 0 Å². The molecular formula is C86H168O17P2. The fraction of sp³-hybridized carbons (Fsp3) is 0.953. The van der Waals surface area contributed by atoms with E-state index >= 15 is 0 Å². The van der Waals surface area contributed by atoms with Gasteiger partial charge in [0.05, 0.1) is 26.4 Å². The van der Waals surface area contributed by atoms with Crippen molar-refractivity contribution < 1.29 is 80.2 Å². The summed E-state index contributed by atoms with van der Waals surface area (Å²) in [6.07, 6.45) is 69.3. The monoisotopic (exact) mass is 1540 g/mol. The van der Waals surface area contributed by atoms with Gasteiger partial charge in [0.15, 0.2) is 12.2 Å². The van der Waals surface area contributed by atoms with Crippen LogP contribution in [0.3, 0.4) is 0 Å². The summed E-state index contributed by atoms with van der Waals surface area (Å²) >= 11 is 0. The summed E-state index contributed by atoms with van der Waals surface area (Å²) in [7, 11) is -9.93. The summed E-state index contributed by atoms with van der Waals surface area (Å²) in [4.78, 5) is 73.2. The van der Waals surface area contributed by atoms with E-state index in [-0.39, 0.29) is 25.7 Å². The van der Waals surface area contributed by atoms with Crippen LogP contribution >= 0.6 is 15.6 Å². The largest absolute Gasteiger partial charge is 0.472 e. The Bertz CT molecular complexity index is 2010. The van der Waals surface area contributed by atoms with E-state index in [1.54, 1.807) is 0 Å². The second-order valence-corrected chi connectivity index (χ2v) is 34.6. The van der Waals surface area contributed by atoms with Crippen molar-refractivity contribution in [3.8, 4) is 0 Å². The standard InChI is InChI=1S/C86H168O17P2/c1-7-10-12-14-16-18-20-21-27-35-40-46-52-58-64-70-85(90)102-81(74-96-83(88)68-62-56-50-44-19-17-15-13-11-8-2)76-100-104(92,93)98-72-80(87)73-99-105(94,95)101-77-82(75-97-84(89)69-63-57-51-45-39-34-31-26-28-32-37-42-48-54-60-66-78(4)5)103-86(91)71-65-59-53-47-41-36-30-25-23-22-24-29-33-38-43-49-55-61-67-79(6)9-3/h78-82,87H,7-77H2,1-6H3,(H,92,93)(H,94,95)/t79?,80-,81+,82+/m0/s1. The Morgan fingerprint density at radius 1 is 0.276 bits per heavy atom. The van der Waals surface area contributed by atoms with E-state index in [4.69, 9.17) is 37.0 Å². The van der Waals surface area contributed by atoms with E-state index in [0.29, 0.717) is 25.7 Å². The second-order valence-electron chi connectivity index (χ2n) is 31.6. The van der Waals surface area contributed by atoms with Crippen LogP contribution in [0.2, 0.25) is 0 Å². The van der Waals surface area contributed by atoms with E-state index in [2.05, 4.69) is 41.5 Å². The lowest BCUT2D eigenvalue weighted by Gasteiger charge is -2.21. The van der Waals surface area contributed by atoms with E-state index in [9.17, 15) is 43.2 Å². The molecule has 105 heavy (non-hydrogen) atoms. The lowest BCUT2D eigenvalue weighted by molar-refractivity contribution is -0.161. The van der Waals surface area contributed by atoms with Gasteiger partial charge in [0.1, 0.15) is 19.3 Å². The predicted molar refractivity (Wildman–Crippen MR) is 432 cm³/mol. The molecule has 0 aromatic carbocycles.